The number of nitrogens with zero attached hydrogens (tertiary/aromatic N) is 1. The van der Waals surface area contributed by atoms with Crippen molar-refractivity contribution in [1.29, 1.82) is 0 Å². The van der Waals surface area contributed by atoms with Crippen LogP contribution in [0.5, 0.6) is 0 Å². The Bertz CT molecular complexity index is 1250. The number of hydrogen-bond acceptors (Lipinski definition) is 4. The zero-order chi connectivity index (χ0) is 25.5. The number of para-hydroxylation sites is 1. The van der Waals surface area contributed by atoms with Gasteiger partial charge in [-0.15, -0.1) is 0 Å². The van der Waals surface area contributed by atoms with E-state index in [1.807, 2.05) is 55.1 Å². The summed E-state index contributed by atoms with van der Waals surface area (Å²) in [6, 6.07) is 20.4. The smallest absolute Gasteiger partial charge is 0.253 e. The Hall–Kier alpha value is -4.13. The van der Waals surface area contributed by atoms with Crippen LogP contribution in [0.3, 0.4) is 0 Å². The molecule has 1 fully saturated rings. The van der Waals surface area contributed by atoms with Crippen molar-refractivity contribution >= 4 is 29.1 Å². The molecule has 3 amide bonds. The Morgan fingerprint density at radius 1 is 0.861 bits per heavy atom. The molecule has 1 aliphatic rings. The SMILES string of the molecule is Cc1ccc(CNC(=O)c2ccccc2NC(=O)CNc2ccc(C(=O)N3CCCC3)cc2C)cc1. The zero-order valence-corrected chi connectivity index (χ0v) is 20.8. The molecule has 3 aromatic rings. The van der Waals surface area contributed by atoms with Gasteiger partial charge in [0.1, 0.15) is 0 Å². The quantitative estimate of drug-likeness (QED) is 0.439. The van der Waals surface area contributed by atoms with E-state index in [-0.39, 0.29) is 24.3 Å². The number of likely N-dealkylation sites (tertiary alicyclic amines) is 1. The number of anilines is 2. The van der Waals surface area contributed by atoms with Crippen LogP contribution in [0.2, 0.25) is 0 Å². The monoisotopic (exact) mass is 484 g/mol. The first kappa shape index (κ1) is 25.0. The molecule has 3 aromatic carbocycles. The Morgan fingerprint density at radius 2 is 1.58 bits per heavy atom. The van der Waals surface area contributed by atoms with Gasteiger partial charge in [0, 0.05) is 30.9 Å². The largest absolute Gasteiger partial charge is 0.376 e. The van der Waals surface area contributed by atoms with Crippen molar-refractivity contribution in [3.05, 3.63) is 94.5 Å². The topological polar surface area (TPSA) is 90.5 Å². The second kappa shape index (κ2) is 11.5. The summed E-state index contributed by atoms with van der Waals surface area (Å²) in [4.78, 5) is 39.9. The first-order valence-corrected chi connectivity index (χ1v) is 12.3. The minimum absolute atomic E-state index is 0.0274. The number of amides is 3. The molecule has 1 aliphatic heterocycles. The average molecular weight is 485 g/mol. The summed E-state index contributed by atoms with van der Waals surface area (Å²) in [6.07, 6.45) is 2.11. The standard InChI is InChI=1S/C29H32N4O3/c1-20-9-11-22(12-10-20)18-31-28(35)24-7-3-4-8-26(24)32-27(34)19-30-25-14-13-23(17-21(25)2)29(36)33-15-5-6-16-33/h3-4,7-14,17,30H,5-6,15-16,18-19H2,1-2H3,(H,31,35)(H,32,34). The van der Waals surface area contributed by atoms with Crippen LogP contribution in [-0.2, 0) is 11.3 Å². The third kappa shape index (κ3) is 6.30. The lowest BCUT2D eigenvalue weighted by Gasteiger charge is -2.17. The molecule has 0 spiro atoms. The average Bonchev–Trinajstić information content (AvgIpc) is 3.42. The third-order valence-corrected chi connectivity index (χ3v) is 6.33. The first-order valence-electron chi connectivity index (χ1n) is 12.3. The Morgan fingerprint density at radius 3 is 2.31 bits per heavy atom. The van der Waals surface area contributed by atoms with Crippen molar-refractivity contribution in [1.82, 2.24) is 10.2 Å². The zero-order valence-electron chi connectivity index (χ0n) is 20.8. The lowest BCUT2D eigenvalue weighted by molar-refractivity contribution is -0.114. The van der Waals surface area contributed by atoms with Crippen LogP contribution in [0, 0.1) is 13.8 Å². The Labute approximate surface area is 211 Å². The fourth-order valence-electron chi connectivity index (χ4n) is 4.24. The highest BCUT2D eigenvalue weighted by Crippen LogP contribution is 2.20. The molecular formula is C29H32N4O3. The summed E-state index contributed by atoms with van der Waals surface area (Å²) in [6.45, 7) is 5.97. The Kier molecular flexibility index (Phi) is 8.00. The summed E-state index contributed by atoms with van der Waals surface area (Å²) in [7, 11) is 0. The molecule has 1 heterocycles. The fourth-order valence-corrected chi connectivity index (χ4v) is 4.24. The molecule has 0 bridgehead atoms. The lowest BCUT2D eigenvalue weighted by atomic mass is 10.1. The molecule has 1 saturated heterocycles. The minimum Gasteiger partial charge on any atom is -0.376 e. The number of benzene rings is 3. The molecule has 36 heavy (non-hydrogen) atoms. The maximum Gasteiger partial charge on any atom is 0.253 e. The molecule has 0 unspecified atom stereocenters. The van der Waals surface area contributed by atoms with Gasteiger partial charge in [-0.2, -0.15) is 0 Å². The van der Waals surface area contributed by atoms with Crippen LogP contribution in [0.15, 0.2) is 66.7 Å². The number of aryl methyl sites for hydroxylation is 2. The van der Waals surface area contributed by atoms with E-state index in [0.29, 0.717) is 23.4 Å². The molecule has 7 nitrogen and oxygen atoms in total. The van der Waals surface area contributed by atoms with Gasteiger partial charge in [-0.1, -0.05) is 42.0 Å². The van der Waals surface area contributed by atoms with Crippen molar-refractivity contribution < 1.29 is 14.4 Å². The Balaban J connectivity index is 1.33. The molecule has 7 heteroatoms. The number of nitrogens with one attached hydrogen (secondary N) is 3. The van der Waals surface area contributed by atoms with Crippen LogP contribution in [0.4, 0.5) is 11.4 Å². The molecule has 0 aromatic heterocycles. The maximum atomic E-state index is 12.8. The van der Waals surface area contributed by atoms with E-state index in [1.54, 1.807) is 30.3 Å². The van der Waals surface area contributed by atoms with Gasteiger partial charge in [-0.3, -0.25) is 14.4 Å². The van der Waals surface area contributed by atoms with Crippen molar-refractivity contribution in [2.45, 2.75) is 33.2 Å². The van der Waals surface area contributed by atoms with Crippen molar-refractivity contribution in [3.8, 4) is 0 Å². The summed E-state index contributed by atoms with van der Waals surface area (Å²) < 4.78 is 0. The second-order valence-corrected chi connectivity index (χ2v) is 9.14. The molecule has 186 valence electrons. The molecule has 0 saturated carbocycles. The number of carbonyl (C=O) groups is 3. The second-order valence-electron chi connectivity index (χ2n) is 9.14. The molecule has 0 radical (unpaired) electrons. The van der Waals surface area contributed by atoms with E-state index in [9.17, 15) is 14.4 Å². The normalized spacial score (nSPS) is 12.8. The highest BCUT2D eigenvalue weighted by Gasteiger charge is 2.20. The third-order valence-electron chi connectivity index (χ3n) is 6.33. The predicted molar refractivity (Wildman–Crippen MR) is 142 cm³/mol. The summed E-state index contributed by atoms with van der Waals surface area (Å²) >= 11 is 0. The highest BCUT2D eigenvalue weighted by molar-refractivity contribution is 6.04. The van der Waals surface area contributed by atoms with Crippen LogP contribution in [-0.4, -0.2) is 42.3 Å². The van der Waals surface area contributed by atoms with Gasteiger partial charge in [0.25, 0.3) is 11.8 Å². The van der Waals surface area contributed by atoms with Gasteiger partial charge in [0.05, 0.1) is 17.8 Å². The van der Waals surface area contributed by atoms with Gasteiger partial charge in [0.2, 0.25) is 5.91 Å². The van der Waals surface area contributed by atoms with Gasteiger partial charge in [-0.05, 0) is 68.1 Å². The van der Waals surface area contributed by atoms with E-state index in [1.165, 1.54) is 0 Å². The van der Waals surface area contributed by atoms with Crippen LogP contribution in [0.1, 0.15) is 50.2 Å². The minimum atomic E-state index is -0.273. The van der Waals surface area contributed by atoms with Gasteiger partial charge < -0.3 is 20.9 Å². The molecule has 4 rings (SSSR count). The van der Waals surface area contributed by atoms with Crippen LogP contribution < -0.4 is 16.0 Å². The van der Waals surface area contributed by atoms with E-state index >= 15 is 0 Å². The lowest BCUT2D eigenvalue weighted by Crippen LogP contribution is -2.28. The van der Waals surface area contributed by atoms with Crippen molar-refractivity contribution in [2.24, 2.45) is 0 Å². The van der Waals surface area contributed by atoms with E-state index in [4.69, 9.17) is 0 Å². The molecule has 0 aliphatic carbocycles. The first-order chi connectivity index (χ1) is 17.4. The van der Waals surface area contributed by atoms with Crippen LogP contribution in [0.25, 0.3) is 0 Å². The summed E-state index contributed by atoms with van der Waals surface area (Å²) in [5, 5.41) is 8.87. The van der Waals surface area contributed by atoms with Gasteiger partial charge in [0.15, 0.2) is 0 Å². The van der Waals surface area contributed by atoms with Gasteiger partial charge >= 0.3 is 0 Å². The number of rotatable bonds is 8. The molecule has 3 N–H and O–H groups in total. The van der Waals surface area contributed by atoms with E-state index in [2.05, 4.69) is 16.0 Å². The highest BCUT2D eigenvalue weighted by atomic mass is 16.2. The van der Waals surface area contributed by atoms with E-state index < -0.39 is 0 Å². The number of hydrogen-bond donors (Lipinski definition) is 3. The fraction of sp³-hybridized carbons (Fsp3) is 0.276. The van der Waals surface area contributed by atoms with Gasteiger partial charge in [-0.25, -0.2) is 0 Å². The van der Waals surface area contributed by atoms with Crippen molar-refractivity contribution in [2.75, 3.05) is 30.3 Å². The summed E-state index contributed by atoms with van der Waals surface area (Å²) in [5.41, 5.74) is 5.36. The van der Waals surface area contributed by atoms with Crippen LogP contribution >= 0.6 is 0 Å². The molecule has 0 atom stereocenters. The number of carbonyl (C=O) groups excluding carboxylic acids is 3. The van der Waals surface area contributed by atoms with E-state index in [0.717, 1.165) is 48.3 Å². The maximum absolute atomic E-state index is 12.8. The predicted octanol–water partition coefficient (Wildman–Crippen LogP) is 4.52. The summed E-state index contributed by atoms with van der Waals surface area (Å²) in [5.74, 6) is -0.476. The molecular weight excluding hydrogens is 452 g/mol. The van der Waals surface area contributed by atoms with Crippen molar-refractivity contribution in [3.63, 3.8) is 0 Å².